The quantitative estimate of drug-likeness (QED) is 0.900. The molecule has 0 spiro atoms. The van der Waals surface area contributed by atoms with Crippen LogP contribution in [0.1, 0.15) is 23.8 Å². The van der Waals surface area contributed by atoms with Gasteiger partial charge in [0.05, 0.1) is 17.6 Å². The smallest absolute Gasteiger partial charge is 0.242 e. The van der Waals surface area contributed by atoms with E-state index < -0.39 is 5.82 Å². The summed E-state index contributed by atoms with van der Waals surface area (Å²) in [5, 5.41) is 5.10. The first kappa shape index (κ1) is 15.3. The molecule has 0 saturated carbocycles. The summed E-state index contributed by atoms with van der Waals surface area (Å²) < 4.78 is 13.1. The van der Waals surface area contributed by atoms with Gasteiger partial charge in [-0.3, -0.25) is 4.79 Å². The molecular weight excluding hydrogens is 323 g/mol. The van der Waals surface area contributed by atoms with E-state index in [0.29, 0.717) is 5.69 Å². The van der Waals surface area contributed by atoms with E-state index in [9.17, 15) is 9.18 Å². The molecule has 1 atom stereocenters. The highest BCUT2D eigenvalue weighted by Gasteiger charge is 2.30. The van der Waals surface area contributed by atoms with Crippen molar-refractivity contribution in [2.24, 2.45) is 0 Å². The van der Waals surface area contributed by atoms with Gasteiger partial charge in [-0.15, -0.1) is 11.3 Å². The van der Waals surface area contributed by atoms with Crippen LogP contribution in [0.3, 0.4) is 0 Å². The fourth-order valence-electron chi connectivity index (χ4n) is 2.73. The first-order valence-corrected chi connectivity index (χ1v) is 8.42. The van der Waals surface area contributed by atoms with Crippen LogP contribution in [0.25, 0.3) is 0 Å². The van der Waals surface area contributed by atoms with Crippen LogP contribution in [0.5, 0.6) is 0 Å². The fraction of sp³-hybridized carbons (Fsp3) is 0.312. The number of nitrogens with one attached hydrogen (secondary N) is 1. The second-order valence-electron chi connectivity index (χ2n) is 5.24. The van der Waals surface area contributed by atoms with E-state index in [4.69, 9.17) is 11.6 Å². The van der Waals surface area contributed by atoms with Gasteiger partial charge in [0.15, 0.2) is 0 Å². The van der Waals surface area contributed by atoms with Gasteiger partial charge in [0.2, 0.25) is 5.91 Å². The number of carbonyl (C=O) groups is 1. The average Bonchev–Trinajstić information content (AvgIpc) is 3.18. The molecule has 3 nitrogen and oxygen atoms in total. The van der Waals surface area contributed by atoms with E-state index in [1.165, 1.54) is 17.0 Å². The molecular formula is C16H16ClFN2OS. The van der Waals surface area contributed by atoms with E-state index in [-0.39, 0.29) is 23.5 Å². The molecule has 0 aliphatic carbocycles. The number of likely N-dealkylation sites (tertiary alicyclic amines) is 1. The number of thiophene rings is 1. The zero-order valence-corrected chi connectivity index (χ0v) is 13.5. The highest BCUT2D eigenvalue weighted by Crippen LogP contribution is 2.34. The maximum atomic E-state index is 13.1. The summed E-state index contributed by atoms with van der Waals surface area (Å²) in [5.74, 6) is -0.410. The van der Waals surface area contributed by atoms with E-state index in [2.05, 4.69) is 11.4 Å². The van der Waals surface area contributed by atoms with E-state index in [1.54, 1.807) is 17.4 Å². The number of nitrogens with zero attached hydrogens (tertiary/aromatic N) is 1. The molecule has 6 heteroatoms. The number of amides is 1. The number of anilines is 1. The van der Waals surface area contributed by atoms with Crippen molar-refractivity contribution in [3.05, 3.63) is 51.4 Å². The van der Waals surface area contributed by atoms with Crippen molar-refractivity contribution in [1.29, 1.82) is 0 Å². The molecule has 2 aromatic rings. The number of carbonyl (C=O) groups excluding carboxylic acids is 1. The number of hydrogen-bond acceptors (Lipinski definition) is 3. The van der Waals surface area contributed by atoms with Crippen LogP contribution >= 0.6 is 22.9 Å². The summed E-state index contributed by atoms with van der Waals surface area (Å²) >= 11 is 7.42. The van der Waals surface area contributed by atoms with Gasteiger partial charge in [-0.05, 0) is 42.5 Å². The van der Waals surface area contributed by atoms with Gasteiger partial charge in [0, 0.05) is 17.1 Å². The van der Waals surface area contributed by atoms with Gasteiger partial charge in [0.1, 0.15) is 5.82 Å². The van der Waals surface area contributed by atoms with E-state index in [0.717, 1.165) is 19.4 Å². The Morgan fingerprint density at radius 1 is 1.45 bits per heavy atom. The maximum Gasteiger partial charge on any atom is 0.242 e. The first-order valence-electron chi connectivity index (χ1n) is 7.17. The molecule has 2 heterocycles. The van der Waals surface area contributed by atoms with Crippen molar-refractivity contribution < 1.29 is 9.18 Å². The van der Waals surface area contributed by atoms with Gasteiger partial charge in [-0.1, -0.05) is 17.7 Å². The van der Waals surface area contributed by atoms with Gasteiger partial charge < -0.3 is 10.2 Å². The topological polar surface area (TPSA) is 32.3 Å². The van der Waals surface area contributed by atoms with Crippen LogP contribution in [-0.2, 0) is 4.79 Å². The molecule has 116 valence electrons. The summed E-state index contributed by atoms with van der Waals surface area (Å²) in [6.45, 7) is 0.969. The molecule has 1 amide bonds. The van der Waals surface area contributed by atoms with Crippen molar-refractivity contribution in [2.45, 2.75) is 18.9 Å². The first-order chi connectivity index (χ1) is 10.6. The third-order valence-corrected chi connectivity index (χ3v) is 5.07. The lowest BCUT2D eigenvalue weighted by Gasteiger charge is -2.24. The number of hydrogen-bond donors (Lipinski definition) is 1. The highest BCUT2D eigenvalue weighted by molar-refractivity contribution is 7.10. The van der Waals surface area contributed by atoms with Gasteiger partial charge >= 0.3 is 0 Å². The van der Waals surface area contributed by atoms with Crippen molar-refractivity contribution in [1.82, 2.24) is 4.90 Å². The number of rotatable bonds is 4. The predicted octanol–water partition coefficient (Wildman–Crippen LogP) is 4.32. The maximum absolute atomic E-state index is 13.1. The minimum absolute atomic E-state index is 0.0510. The second kappa shape index (κ2) is 6.67. The molecule has 0 radical (unpaired) electrons. The largest absolute Gasteiger partial charge is 0.376 e. The van der Waals surface area contributed by atoms with Crippen LogP contribution < -0.4 is 5.32 Å². The average molecular weight is 339 g/mol. The lowest BCUT2D eigenvalue weighted by Crippen LogP contribution is -2.34. The SMILES string of the molecule is O=C(CNc1ccc(F)c(Cl)c1)N1CCC[C@H]1c1cccs1. The van der Waals surface area contributed by atoms with Gasteiger partial charge in [-0.2, -0.15) is 0 Å². The fourth-order valence-corrected chi connectivity index (χ4v) is 3.78. The Hall–Kier alpha value is -1.59. The van der Waals surface area contributed by atoms with Crippen LogP contribution in [0, 0.1) is 5.82 Å². The summed E-state index contributed by atoms with van der Waals surface area (Å²) in [4.78, 5) is 15.6. The summed E-state index contributed by atoms with van der Waals surface area (Å²) in [7, 11) is 0. The second-order valence-corrected chi connectivity index (χ2v) is 6.63. The molecule has 22 heavy (non-hydrogen) atoms. The summed E-state index contributed by atoms with van der Waals surface area (Å²) in [6.07, 6.45) is 2.03. The zero-order valence-electron chi connectivity index (χ0n) is 11.9. The Bertz CT molecular complexity index is 662. The van der Waals surface area contributed by atoms with Crippen LogP contribution in [-0.4, -0.2) is 23.9 Å². The lowest BCUT2D eigenvalue weighted by molar-refractivity contribution is -0.130. The Morgan fingerprint density at radius 3 is 3.05 bits per heavy atom. The molecule has 3 rings (SSSR count). The van der Waals surface area contributed by atoms with E-state index >= 15 is 0 Å². The third-order valence-electron chi connectivity index (χ3n) is 3.81. The molecule has 1 fully saturated rings. The third kappa shape index (κ3) is 3.25. The van der Waals surface area contributed by atoms with Crippen LogP contribution in [0.15, 0.2) is 35.7 Å². The molecule has 0 unspecified atom stereocenters. The minimum Gasteiger partial charge on any atom is -0.376 e. The van der Waals surface area contributed by atoms with Crippen molar-refractivity contribution >= 4 is 34.5 Å². The standard InChI is InChI=1S/C16H16ClFN2OS/c17-12-9-11(5-6-13(12)18)19-10-16(21)20-7-1-3-14(20)15-4-2-8-22-15/h2,4-6,8-9,14,19H,1,3,7,10H2/t14-/m0/s1. The molecule has 1 saturated heterocycles. The normalized spacial score (nSPS) is 17.7. The minimum atomic E-state index is -0.462. The molecule has 1 aliphatic heterocycles. The number of halogens is 2. The number of benzene rings is 1. The Balaban J connectivity index is 1.62. The summed E-state index contributed by atoms with van der Waals surface area (Å²) in [5.41, 5.74) is 0.645. The Morgan fingerprint density at radius 2 is 2.32 bits per heavy atom. The highest BCUT2D eigenvalue weighted by atomic mass is 35.5. The van der Waals surface area contributed by atoms with Crippen LogP contribution in [0.2, 0.25) is 5.02 Å². The zero-order chi connectivity index (χ0) is 15.5. The van der Waals surface area contributed by atoms with Crippen molar-refractivity contribution in [3.8, 4) is 0 Å². The molecule has 1 aliphatic rings. The molecule has 0 bridgehead atoms. The predicted molar refractivity (Wildman–Crippen MR) is 87.9 cm³/mol. The Labute approximate surface area is 137 Å². The summed E-state index contributed by atoms with van der Waals surface area (Å²) in [6, 6.07) is 8.64. The van der Waals surface area contributed by atoms with Crippen LogP contribution in [0.4, 0.5) is 10.1 Å². The Kier molecular flexibility index (Phi) is 4.64. The molecule has 1 N–H and O–H groups in total. The molecule has 1 aromatic heterocycles. The lowest BCUT2D eigenvalue weighted by atomic mass is 10.2. The van der Waals surface area contributed by atoms with Gasteiger partial charge in [0.25, 0.3) is 0 Å². The van der Waals surface area contributed by atoms with Gasteiger partial charge in [-0.25, -0.2) is 4.39 Å². The van der Waals surface area contributed by atoms with E-state index in [1.807, 2.05) is 16.3 Å². The molecule has 1 aromatic carbocycles. The van der Waals surface area contributed by atoms with Crippen molar-refractivity contribution in [3.63, 3.8) is 0 Å². The monoisotopic (exact) mass is 338 g/mol. The van der Waals surface area contributed by atoms with Crippen molar-refractivity contribution in [2.75, 3.05) is 18.4 Å².